The summed E-state index contributed by atoms with van der Waals surface area (Å²) in [6.07, 6.45) is 5.04. The highest BCUT2D eigenvalue weighted by molar-refractivity contribution is 5.93. The number of amides is 1. The summed E-state index contributed by atoms with van der Waals surface area (Å²) < 4.78 is 12.8. The van der Waals surface area contributed by atoms with Gasteiger partial charge < -0.3 is 24.0 Å². The minimum atomic E-state index is -0.953. The van der Waals surface area contributed by atoms with Crippen LogP contribution in [0.1, 0.15) is 52.7 Å². The van der Waals surface area contributed by atoms with E-state index in [4.69, 9.17) is 9.47 Å². The van der Waals surface area contributed by atoms with Crippen LogP contribution in [0.15, 0.2) is 18.3 Å². The maximum absolute atomic E-state index is 13.4. The lowest BCUT2D eigenvalue weighted by Gasteiger charge is -2.37. The number of nitrogens with zero attached hydrogens (tertiary/aromatic N) is 3. The molecule has 0 bridgehead atoms. The van der Waals surface area contributed by atoms with Crippen molar-refractivity contribution in [2.75, 3.05) is 20.8 Å². The van der Waals surface area contributed by atoms with Gasteiger partial charge >= 0.3 is 5.97 Å². The molecule has 1 aromatic heterocycles. The number of hydrogen-bond donors (Lipinski definition) is 1. The second-order valence-corrected chi connectivity index (χ2v) is 7.44. The molecule has 0 radical (unpaired) electrons. The zero-order valence-electron chi connectivity index (χ0n) is 16.7. The number of benzene rings is 1. The summed E-state index contributed by atoms with van der Waals surface area (Å²) in [7, 11) is 3.11. The summed E-state index contributed by atoms with van der Waals surface area (Å²) in [4.78, 5) is 31.1. The lowest BCUT2D eigenvalue weighted by Crippen LogP contribution is -2.42. The van der Waals surface area contributed by atoms with Gasteiger partial charge in [0.15, 0.2) is 11.5 Å². The van der Waals surface area contributed by atoms with Crippen molar-refractivity contribution >= 4 is 11.9 Å². The first kappa shape index (κ1) is 19.3. The van der Waals surface area contributed by atoms with Gasteiger partial charge in [0.05, 0.1) is 32.9 Å². The quantitative estimate of drug-likeness (QED) is 0.830. The fourth-order valence-corrected chi connectivity index (χ4v) is 4.39. The fraction of sp³-hybridized carbons (Fsp3) is 0.476. The number of hydrogen-bond acceptors (Lipinski definition) is 5. The van der Waals surface area contributed by atoms with Crippen molar-refractivity contribution in [3.63, 3.8) is 0 Å². The van der Waals surface area contributed by atoms with E-state index in [1.165, 1.54) is 0 Å². The van der Waals surface area contributed by atoms with Crippen LogP contribution in [0, 0.1) is 0 Å². The standard InChI is InChI=1S/C21H25N3O5/c1-28-17-9-13-6-8-24(15(11-20(25)26)14(13)10-18(17)29-2)21(27)16-12-22-19-5-3-4-7-23(16)19/h9-10,12,15H,3-8,11H2,1-2H3,(H,25,26). The van der Waals surface area contributed by atoms with Crippen molar-refractivity contribution in [3.8, 4) is 11.5 Å². The summed E-state index contributed by atoms with van der Waals surface area (Å²) in [5.41, 5.74) is 2.32. The third-order valence-corrected chi connectivity index (χ3v) is 5.82. The molecule has 3 heterocycles. The minimum Gasteiger partial charge on any atom is -0.493 e. The Kier molecular flexibility index (Phi) is 5.17. The highest BCUT2D eigenvalue weighted by Gasteiger charge is 2.35. The van der Waals surface area contributed by atoms with Gasteiger partial charge in [0.2, 0.25) is 0 Å². The average molecular weight is 399 g/mol. The van der Waals surface area contributed by atoms with Crippen molar-refractivity contribution < 1.29 is 24.2 Å². The second-order valence-electron chi connectivity index (χ2n) is 7.44. The Labute approximate surface area is 169 Å². The molecule has 0 aliphatic carbocycles. The molecule has 2 aromatic rings. The van der Waals surface area contributed by atoms with E-state index < -0.39 is 12.0 Å². The van der Waals surface area contributed by atoms with E-state index in [9.17, 15) is 14.7 Å². The van der Waals surface area contributed by atoms with Crippen LogP contribution >= 0.6 is 0 Å². The first-order valence-electron chi connectivity index (χ1n) is 9.85. The molecule has 4 rings (SSSR count). The summed E-state index contributed by atoms with van der Waals surface area (Å²) in [5.74, 6) is 0.934. The van der Waals surface area contributed by atoms with Crippen molar-refractivity contribution in [1.29, 1.82) is 0 Å². The number of fused-ring (bicyclic) bond motifs is 2. The van der Waals surface area contributed by atoms with Gasteiger partial charge in [-0.2, -0.15) is 0 Å². The SMILES string of the molecule is COc1cc2c(cc1OC)C(CC(=O)O)N(C(=O)c1cnc3n1CCCC3)CC2. The summed E-state index contributed by atoms with van der Waals surface area (Å²) in [5, 5.41) is 9.53. The Balaban J connectivity index is 1.73. The van der Waals surface area contributed by atoms with Gasteiger partial charge in [-0.15, -0.1) is 0 Å². The van der Waals surface area contributed by atoms with Crippen LogP contribution in [-0.4, -0.2) is 52.2 Å². The van der Waals surface area contributed by atoms with Crippen molar-refractivity contribution in [1.82, 2.24) is 14.5 Å². The molecule has 8 nitrogen and oxygen atoms in total. The lowest BCUT2D eigenvalue weighted by atomic mass is 9.89. The predicted molar refractivity (Wildman–Crippen MR) is 104 cm³/mol. The highest BCUT2D eigenvalue weighted by Crippen LogP contribution is 2.40. The number of ether oxygens (including phenoxy) is 2. The van der Waals surface area contributed by atoms with Crippen LogP contribution in [0.3, 0.4) is 0 Å². The van der Waals surface area contributed by atoms with Crippen LogP contribution in [0.25, 0.3) is 0 Å². The molecule has 0 fully saturated rings. The zero-order valence-corrected chi connectivity index (χ0v) is 16.7. The second kappa shape index (κ2) is 7.77. The van der Waals surface area contributed by atoms with Gasteiger partial charge in [-0.3, -0.25) is 9.59 Å². The number of rotatable bonds is 5. The smallest absolute Gasteiger partial charge is 0.305 e. The molecule has 0 spiro atoms. The van der Waals surface area contributed by atoms with E-state index in [0.29, 0.717) is 30.2 Å². The van der Waals surface area contributed by atoms with Crippen molar-refractivity contribution in [2.24, 2.45) is 0 Å². The number of carboxylic acids is 1. The Bertz CT molecular complexity index is 952. The molecule has 8 heteroatoms. The maximum Gasteiger partial charge on any atom is 0.305 e. The largest absolute Gasteiger partial charge is 0.493 e. The molecule has 2 aliphatic rings. The van der Waals surface area contributed by atoms with E-state index in [2.05, 4.69) is 4.98 Å². The third-order valence-electron chi connectivity index (χ3n) is 5.82. The number of carbonyl (C=O) groups excluding carboxylic acids is 1. The molecule has 0 saturated heterocycles. The van der Waals surface area contributed by atoms with Crippen LogP contribution in [0.2, 0.25) is 0 Å². The molecule has 154 valence electrons. The normalized spacial score (nSPS) is 18.0. The molecule has 29 heavy (non-hydrogen) atoms. The Morgan fingerprint density at radius 3 is 2.62 bits per heavy atom. The minimum absolute atomic E-state index is 0.169. The number of methoxy groups -OCH3 is 2. The number of carboxylic acid groups (broad SMARTS) is 1. The van der Waals surface area contributed by atoms with Gasteiger partial charge in [0, 0.05) is 19.5 Å². The van der Waals surface area contributed by atoms with Gasteiger partial charge in [-0.05, 0) is 42.5 Å². The molecule has 1 aromatic carbocycles. The third kappa shape index (κ3) is 3.43. The molecule has 1 atom stereocenters. The van der Waals surface area contributed by atoms with Gasteiger partial charge in [0.25, 0.3) is 5.91 Å². The molecule has 1 amide bonds. The summed E-state index contributed by atoms with van der Waals surface area (Å²) in [6.45, 7) is 1.22. The molecule has 0 saturated carbocycles. The first-order chi connectivity index (χ1) is 14.0. The van der Waals surface area contributed by atoms with E-state index in [1.807, 2.05) is 10.6 Å². The number of aliphatic carboxylic acids is 1. The highest BCUT2D eigenvalue weighted by atomic mass is 16.5. The van der Waals surface area contributed by atoms with Crippen molar-refractivity contribution in [2.45, 2.75) is 44.7 Å². The fourth-order valence-electron chi connectivity index (χ4n) is 4.39. The Hall–Kier alpha value is -3.03. The first-order valence-corrected chi connectivity index (χ1v) is 9.85. The van der Waals surface area contributed by atoms with Gasteiger partial charge in [-0.25, -0.2) is 4.98 Å². The molecule has 2 aliphatic heterocycles. The molecule has 1 N–H and O–H groups in total. The summed E-state index contributed by atoms with van der Waals surface area (Å²) in [6, 6.07) is 3.11. The molecule has 1 unspecified atom stereocenters. The average Bonchev–Trinajstić information content (AvgIpc) is 3.16. The lowest BCUT2D eigenvalue weighted by molar-refractivity contribution is -0.138. The zero-order chi connectivity index (χ0) is 20.5. The van der Waals surface area contributed by atoms with Crippen LogP contribution in [0.5, 0.6) is 11.5 Å². The van der Waals surface area contributed by atoms with E-state index in [1.54, 1.807) is 31.4 Å². The number of aryl methyl sites for hydroxylation is 1. The number of aromatic nitrogens is 2. The van der Waals surface area contributed by atoms with E-state index >= 15 is 0 Å². The van der Waals surface area contributed by atoms with Gasteiger partial charge in [-0.1, -0.05) is 0 Å². The van der Waals surface area contributed by atoms with Crippen molar-refractivity contribution in [3.05, 3.63) is 41.0 Å². The van der Waals surface area contributed by atoms with Crippen LogP contribution in [-0.2, 0) is 24.2 Å². The molecular weight excluding hydrogens is 374 g/mol. The Morgan fingerprint density at radius 2 is 1.90 bits per heavy atom. The molecular formula is C21H25N3O5. The number of imidazole rings is 1. The Morgan fingerprint density at radius 1 is 1.14 bits per heavy atom. The van der Waals surface area contributed by atoms with Gasteiger partial charge in [0.1, 0.15) is 11.5 Å². The maximum atomic E-state index is 13.4. The predicted octanol–water partition coefficient (Wildman–Crippen LogP) is 2.45. The topological polar surface area (TPSA) is 93.9 Å². The van der Waals surface area contributed by atoms with E-state index in [0.717, 1.165) is 42.8 Å². The monoisotopic (exact) mass is 399 g/mol. The van der Waals surface area contributed by atoms with Crippen LogP contribution < -0.4 is 9.47 Å². The number of carbonyl (C=O) groups is 2. The van der Waals surface area contributed by atoms with Crippen LogP contribution in [0.4, 0.5) is 0 Å². The van der Waals surface area contributed by atoms with E-state index in [-0.39, 0.29) is 12.3 Å². The summed E-state index contributed by atoms with van der Waals surface area (Å²) >= 11 is 0.